The number of nitrogens with zero attached hydrogens (tertiary/aromatic N) is 2. The van der Waals surface area contributed by atoms with Gasteiger partial charge in [-0.1, -0.05) is 0 Å². The van der Waals surface area contributed by atoms with E-state index in [1.54, 1.807) is 0 Å². The Morgan fingerprint density at radius 2 is 2.07 bits per heavy atom. The second-order valence-electron chi connectivity index (χ2n) is 4.36. The highest BCUT2D eigenvalue weighted by atomic mass is 16.3. The molecule has 1 unspecified atom stereocenters. The Morgan fingerprint density at radius 1 is 1.40 bits per heavy atom. The Bertz CT molecular complexity index is 290. The Labute approximate surface area is 90.8 Å². The van der Waals surface area contributed by atoms with Gasteiger partial charge in [0.1, 0.15) is 5.60 Å². The van der Waals surface area contributed by atoms with Crippen molar-refractivity contribution in [3.8, 4) is 0 Å². The minimum Gasteiger partial charge on any atom is -0.382 e. The number of rotatable bonds is 1. The van der Waals surface area contributed by atoms with Gasteiger partial charge in [-0.2, -0.15) is 0 Å². The second kappa shape index (κ2) is 3.96. The van der Waals surface area contributed by atoms with Gasteiger partial charge in [0.15, 0.2) is 0 Å². The van der Waals surface area contributed by atoms with Crippen molar-refractivity contribution < 1.29 is 5.11 Å². The quantitative estimate of drug-likeness (QED) is 0.651. The zero-order chi connectivity index (χ0) is 10.9. The highest BCUT2D eigenvalue weighted by molar-refractivity contribution is 5.25. The topological polar surface area (TPSA) is 38.7 Å². The van der Waals surface area contributed by atoms with Crippen LogP contribution in [-0.2, 0) is 0 Å². The van der Waals surface area contributed by atoms with Gasteiger partial charge in [0, 0.05) is 38.6 Å². The van der Waals surface area contributed by atoms with E-state index < -0.39 is 5.60 Å². The molecule has 1 fully saturated rings. The van der Waals surface area contributed by atoms with Crippen LogP contribution in [0.15, 0.2) is 24.0 Å². The number of hydrazine groups is 1. The molecule has 2 aliphatic rings. The van der Waals surface area contributed by atoms with E-state index in [1.807, 2.05) is 32.3 Å². The number of hydrogen-bond acceptors (Lipinski definition) is 4. The molecule has 2 heterocycles. The van der Waals surface area contributed by atoms with E-state index >= 15 is 0 Å². The van der Waals surface area contributed by atoms with Crippen molar-refractivity contribution in [2.24, 2.45) is 0 Å². The van der Waals surface area contributed by atoms with Crippen molar-refractivity contribution in [2.45, 2.75) is 19.4 Å². The van der Waals surface area contributed by atoms with E-state index in [9.17, 15) is 5.11 Å². The molecule has 0 aromatic carbocycles. The summed E-state index contributed by atoms with van der Waals surface area (Å²) in [6, 6.07) is 0. The van der Waals surface area contributed by atoms with Crippen molar-refractivity contribution in [3.05, 3.63) is 24.0 Å². The van der Waals surface area contributed by atoms with Crippen molar-refractivity contribution >= 4 is 0 Å². The zero-order valence-electron chi connectivity index (χ0n) is 9.40. The van der Waals surface area contributed by atoms with E-state index in [2.05, 4.69) is 15.3 Å². The summed E-state index contributed by atoms with van der Waals surface area (Å²) in [5, 5.41) is 17.6. The van der Waals surface area contributed by atoms with Gasteiger partial charge in [-0.15, -0.1) is 0 Å². The third-order valence-electron chi connectivity index (χ3n) is 3.10. The predicted octanol–water partition coefficient (Wildman–Crippen LogP) is 0.291. The zero-order valence-corrected chi connectivity index (χ0v) is 9.40. The van der Waals surface area contributed by atoms with E-state index in [0.29, 0.717) is 0 Å². The molecule has 4 heteroatoms. The van der Waals surface area contributed by atoms with Gasteiger partial charge in [-0.25, -0.2) is 5.01 Å². The number of nitrogens with one attached hydrogen (secondary N) is 1. The highest BCUT2D eigenvalue weighted by Crippen LogP contribution is 2.23. The van der Waals surface area contributed by atoms with Gasteiger partial charge in [0.2, 0.25) is 0 Å². The Kier molecular flexibility index (Phi) is 2.82. The summed E-state index contributed by atoms with van der Waals surface area (Å²) in [5.74, 6) is 0. The molecular formula is C11H19N3O. The maximum Gasteiger partial charge on any atom is 0.104 e. The van der Waals surface area contributed by atoms with E-state index in [4.69, 9.17) is 0 Å². The first-order valence-corrected chi connectivity index (χ1v) is 5.44. The summed E-state index contributed by atoms with van der Waals surface area (Å²) in [7, 11) is 0. The summed E-state index contributed by atoms with van der Waals surface area (Å²) in [5.41, 5.74) is 0.188. The molecule has 1 saturated heterocycles. The SMILES string of the molecule is CC1=CN(N2CCNCC2)C=CC1(C)O. The van der Waals surface area contributed by atoms with Crippen LogP contribution in [0.2, 0.25) is 0 Å². The van der Waals surface area contributed by atoms with Crippen LogP contribution in [0.5, 0.6) is 0 Å². The molecule has 1 atom stereocenters. The number of piperazine rings is 1. The smallest absolute Gasteiger partial charge is 0.104 e. The van der Waals surface area contributed by atoms with Crippen LogP contribution in [0.3, 0.4) is 0 Å². The van der Waals surface area contributed by atoms with Gasteiger partial charge >= 0.3 is 0 Å². The van der Waals surface area contributed by atoms with Crippen molar-refractivity contribution in [1.82, 2.24) is 15.3 Å². The summed E-state index contributed by atoms with van der Waals surface area (Å²) in [4.78, 5) is 0. The van der Waals surface area contributed by atoms with Crippen LogP contribution in [0, 0.1) is 0 Å². The first-order valence-electron chi connectivity index (χ1n) is 5.44. The van der Waals surface area contributed by atoms with Crippen molar-refractivity contribution in [3.63, 3.8) is 0 Å². The molecule has 2 N–H and O–H groups in total. The first kappa shape index (κ1) is 10.7. The summed E-state index contributed by atoms with van der Waals surface area (Å²) >= 11 is 0. The number of hydrogen-bond donors (Lipinski definition) is 2. The average molecular weight is 209 g/mol. The maximum atomic E-state index is 9.95. The van der Waals surface area contributed by atoms with Crippen LogP contribution in [0.4, 0.5) is 0 Å². The average Bonchev–Trinajstić information content (AvgIpc) is 2.23. The first-order chi connectivity index (χ1) is 7.09. The normalized spacial score (nSPS) is 33.0. The van der Waals surface area contributed by atoms with Crippen LogP contribution in [0.25, 0.3) is 0 Å². The molecular weight excluding hydrogens is 190 g/mol. The molecule has 2 aliphatic heterocycles. The third kappa shape index (κ3) is 2.22. The molecule has 0 spiro atoms. The molecule has 0 aliphatic carbocycles. The van der Waals surface area contributed by atoms with Gasteiger partial charge in [0.25, 0.3) is 0 Å². The second-order valence-corrected chi connectivity index (χ2v) is 4.36. The fraction of sp³-hybridized carbons (Fsp3) is 0.636. The molecule has 0 radical (unpaired) electrons. The molecule has 0 aromatic rings. The molecule has 2 rings (SSSR count). The molecule has 0 saturated carbocycles. The fourth-order valence-electron chi connectivity index (χ4n) is 1.78. The summed E-state index contributed by atoms with van der Waals surface area (Å²) in [6.07, 6.45) is 5.79. The monoisotopic (exact) mass is 209 g/mol. The molecule has 84 valence electrons. The van der Waals surface area contributed by atoms with Gasteiger partial charge in [-0.3, -0.25) is 5.01 Å². The standard InChI is InChI=1S/C11H19N3O/c1-10-9-14(6-3-11(10,2)15)13-7-4-12-5-8-13/h3,6,9,12,15H,4-5,7-8H2,1-2H3. The lowest BCUT2D eigenvalue weighted by molar-refractivity contribution is 0.0408. The van der Waals surface area contributed by atoms with Crippen LogP contribution in [0.1, 0.15) is 13.8 Å². The lowest BCUT2D eigenvalue weighted by atomic mass is 9.96. The molecule has 15 heavy (non-hydrogen) atoms. The molecule has 0 amide bonds. The van der Waals surface area contributed by atoms with E-state index in [-0.39, 0.29) is 0 Å². The van der Waals surface area contributed by atoms with Crippen molar-refractivity contribution in [1.29, 1.82) is 0 Å². The predicted molar refractivity (Wildman–Crippen MR) is 59.8 cm³/mol. The largest absolute Gasteiger partial charge is 0.382 e. The summed E-state index contributed by atoms with van der Waals surface area (Å²) in [6.45, 7) is 7.83. The Hall–Kier alpha value is -0.840. The minimum atomic E-state index is -0.787. The lowest BCUT2D eigenvalue weighted by Crippen LogP contribution is -2.50. The van der Waals surface area contributed by atoms with Gasteiger partial charge in [0.05, 0.1) is 0 Å². The van der Waals surface area contributed by atoms with Crippen LogP contribution < -0.4 is 5.32 Å². The van der Waals surface area contributed by atoms with Gasteiger partial charge < -0.3 is 10.4 Å². The molecule has 4 nitrogen and oxygen atoms in total. The molecule has 0 bridgehead atoms. The molecule has 0 aromatic heterocycles. The van der Waals surface area contributed by atoms with E-state index in [1.165, 1.54) is 0 Å². The summed E-state index contributed by atoms with van der Waals surface area (Å²) < 4.78 is 0. The lowest BCUT2D eigenvalue weighted by Gasteiger charge is -2.38. The highest BCUT2D eigenvalue weighted by Gasteiger charge is 2.25. The van der Waals surface area contributed by atoms with E-state index in [0.717, 1.165) is 31.8 Å². The van der Waals surface area contributed by atoms with Crippen LogP contribution in [-0.4, -0.2) is 46.9 Å². The number of aliphatic hydroxyl groups is 1. The minimum absolute atomic E-state index is 0.787. The van der Waals surface area contributed by atoms with Crippen molar-refractivity contribution in [2.75, 3.05) is 26.2 Å². The van der Waals surface area contributed by atoms with Crippen LogP contribution >= 0.6 is 0 Å². The maximum absolute atomic E-state index is 9.95. The Morgan fingerprint density at radius 3 is 2.67 bits per heavy atom. The fourth-order valence-corrected chi connectivity index (χ4v) is 1.78. The van der Waals surface area contributed by atoms with Gasteiger partial charge in [-0.05, 0) is 25.5 Å². The third-order valence-corrected chi connectivity index (χ3v) is 3.10. The Balaban J connectivity index is 2.06.